The average molecular weight is 508 g/mol. The average Bonchev–Trinajstić information content (AvgIpc) is 3.20. The van der Waals surface area contributed by atoms with Crippen LogP contribution in [0.1, 0.15) is 41.5 Å². The van der Waals surface area contributed by atoms with Crippen LogP contribution in [0.3, 0.4) is 0 Å². The van der Waals surface area contributed by atoms with Crippen molar-refractivity contribution in [1.29, 1.82) is 0 Å². The summed E-state index contributed by atoms with van der Waals surface area (Å²) in [4.78, 5) is 1.14. The minimum atomic E-state index is -4.39. The molecule has 184 valence electrons. The normalized spacial score (nSPS) is 17.4. The fraction of sp³-hybridized carbons (Fsp3) is 0.259. The highest BCUT2D eigenvalue weighted by Crippen LogP contribution is 2.45. The van der Waals surface area contributed by atoms with Gasteiger partial charge in [-0.15, -0.1) is 0 Å². The first-order valence-electron chi connectivity index (χ1n) is 11.0. The number of allylic oxidation sites excluding steroid dienone is 2. The zero-order chi connectivity index (χ0) is 25.4. The van der Waals surface area contributed by atoms with Gasteiger partial charge in [0.25, 0.3) is 0 Å². The molecule has 1 N–H and O–H groups in total. The second kappa shape index (κ2) is 9.64. The Kier molecular flexibility index (Phi) is 6.95. The smallest absolute Gasteiger partial charge is 0.372 e. The Morgan fingerprint density at radius 2 is 1.43 bits per heavy atom. The first kappa shape index (κ1) is 25.2. The lowest BCUT2D eigenvalue weighted by atomic mass is 9.96. The van der Waals surface area contributed by atoms with Crippen molar-refractivity contribution in [1.82, 2.24) is 5.32 Å². The summed E-state index contributed by atoms with van der Waals surface area (Å²) in [6.45, 7) is 4.04. The second-order valence-electron chi connectivity index (χ2n) is 8.63. The molecule has 3 aromatic rings. The van der Waals surface area contributed by atoms with Crippen LogP contribution in [0.5, 0.6) is 0 Å². The van der Waals surface area contributed by atoms with E-state index in [1.165, 1.54) is 18.2 Å². The van der Waals surface area contributed by atoms with E-state index in [2.05, 4.69) is 12.2 Å². The molecule has 0 bridgehead atoms. The van der Waals surface area contributed by atoms with Crippen LogP contribution in [0.15, 0.2) is 83.4 Å². The molecule has 1 heterocycles. The number of thioether (sulfide) groups is 1. The van der Waals surface area contributed by atoms with Crippen molar-refractivity contribution in [3.8, 4) is 11.1 Å². The Hall–Kier alpha value is -2.87. The maximum Gasteiger partial charge on any atom is 0.416 e. The number of rotatable bonds is 5. The first-order chi connectivity index (χ1) is 16.4. The topological polar surface area (TPSA) is 12.0 Å². The van der Waals surface area contributed by atoms with Gasteiger partial charge in [-0.3, -0.25) is 0 Å². The third-order valence-corrected chi connectivity index (χ3v) is 7.56. The van der Waals surface area contributed by atoms with Gasteiger partial charge in [-0.1, -0.05) is 67.2 Å². The lowest BCUT2D eigenvalue weighted by Crippen LogP contribution is -2.12. The van der Waals surface area contributed by atoms with Gasteiger partial charge in [0, 0.05) is 10.6 Å². The lowest BCUT2D eigenvalue weighted by Gasteiger charge is -2.16. The molecule has 0 saturated carbocycles. The molecule has 0 aliphatic carbocycles. The summed E-state index contributed by atoms with van der Waals surface area (Å²) in [6, 6.07) is 17.9. The molecule has 2 unspecified atom stereocenters. The van der Waals surface area contributed by atoms with Crippen molar-refractivity contribution >= 4 is 11.8 Å². The standard InChI is InChI=1S/C27H23F6NS/c1-16(24-17(2)34-25(35-24)20-10-12-22(13-11-20)26(28,29)30)14-18-6-8-19(9-7-18)21-4-3-5-23(15-21)27(31,32)33/h3-13,15-16,25,34H,14H2,1-2H3. The van der Waals surface area contributed by atoms with E-state index in [4.69, 9.17) is 0 Å². The second-order valence-corrected chi connectivity index (χ2v) is 9.78. The van der Waals surface area contributed by atoms with Crippen LogP contribution in [0, 0.1) is 5.92 Å². The maximum atomic E-state index is 13.0. The van der Waals surface area contributed by atoms with E-state index < -0.39 is 23.5 Å². The van der Waals surface area contributed by atoms with Gasteiger partial charge in [0.15, 0.2) is 0 Å². The zero-order valence-electron chi connectivity index (χ0n) is 19.0. The van der Waals surface area contributed by atoms with Crippen molar-refractivity contribution in [2.45, 2.75) is 38.0 Å². The van der Waals surface area contributed by atoms with Gasteiger partial charge in [-0.2, -0.15) is 26.3 Å². The number of hydrogen-bond acceptors (Lipinski definition) is 2. The molecule has 0 aromatic heterocycles. The van der Waals surface area contributed by atoms with Gasteiger partial charge in [-0.05, 0) is 65.8 Å². The molecule has 0 amide bonds. The molecule has 1 aliphatic rings. The van der Waals surface area contributed by atoms with Crippen molar-refractivity contribution in [2.24, 2.45) is 5.92 Å². The third-order valence-electron chi connectivity index (χ3n) is 5.97. The molecule has 8 heteroatoms. The SMILES string of the molecule is CC1=C(C(C)Cc2ccc(-c3cccc(C(F)(F)F)c3)cc2)SC(c2ccc(C(F)(F)F)cc2)N1. The van der Waals surface area contributed by atoms with Crippen LogP contribution >= 0.6 is 11.8 Å². The van der Waals surface area contributed by atoms with Crippen LogP contribution in [-0.4, -0.2) is 0 Å². The van der Waals surface area contributed by atoms with Gasteiger partial charge in [0.05, 0.1) is 11.1 Å². The van der Waals surface area contributed by atoms with Gasteiger partial charge < -0.3 is 5.32 Å². The number of alkyl halides is 6. The molecule has 0 saturated heterocycles. The summed E-state index contributed by atoms with van der Waals surface area (Å²) in [5, 5.41) is 3.21. The van der Waals surface area contributed by atoms with E-state index in [-0.39, 0.29) is 11.3 Å². The number of nitrogens with one attached hydrogen (secondary N) is 1. The maximum absolute atomic E-state index is 13.0. The van der Waals surface area contributed by atoms with E-state index in [1.807, 2.05) is 31.2 Å². The minimum absolute atomic E-state index is 0.155. The van der Waals surface area contributed by atoms with Crippen LogP contribution in [0.4, 0.5) is 26.3 Å². The summed E-state index contributed by atoms with van der Waals surface area (Å²) in [7, 11) is 0. The number of hydrogen-bond donors (Lipinski definition) is 1. The molecule has 0 fully saturated rings. The lowest BCUT2D eigenvalue weighted by molar-refractivity contribution is -0.138. The highest BCUT2D eigenvalue weighted by atomic mass is 32.2. The molecule has 1 aliphatic heterocycles. The van der Waals surface area contributed by atoms with E-state index in [0.717, 1.165) is 52.4 Å². The molecule has 35 heavy (non-hydrogen) atoms. The molecule has 1 nitrogen and oxygen atoms in total. The summed E-state index contributed by atoms with van der Waals surface area (Å²) < 4.78 is 77.6. The van der Waals surface area contributed by atoms with Gasteiger partial charge in [-0.25, -0.2) is 0 Å². The highest BCUT2D eigenvalue weighted by Gasteiger charge is 2.32. The van der Waals surface area contributed by atoms with E-state index >= 15 is 0 Å². The Bertz CT molecular complexity index is 1210. The molecule has 4 rings (SSSR count). The summed E-state index contributed by atoms with van der Waals surface area (Å²) in [5.41, 5.74) is 2.68. The Balaban J connectivity index is 1.42. The molecule has 2 atom stereocenters. The first-order valence-corrected chi connectivity index (χ1v) is 11.9. The predicted octanol–water partition coefficient (Wildman–Crippen LogP) is 8.84. The molecule has 0 radical (unpaired) electrons. The molecular weight excluding hydrogens is 484 g/mol. The molecular formula is C27H23F6NS. The predicted molar refractivity (Wildman–Crippen MR) is 127 cm³/mol. The summed E-state index contributed by atoms with van der Waals surface area (Å²) in [6.07, 6.45) is -8.02. The van der Waals surface area contributed by atoms with Crippen molar-refractivity contribution in [3.05, 3.63) is 106 Å². The third kappa shape index (κ3) is 5.86. The largest absolute Gasteiger partial charge is 0.416 e. The molecule has 3 aromatic carbocycles. The quantitative estimate of drug-likeness (QED) is 0.346. The van der Waals surface area contributed by atoms with E-state index in [0.29, 0.717) is 11.1 Å². The van der Waals surface area contributed by atoms with E-state index in [9.17, 15) is 26.3 Å². The van der Waals surface area contributed by atoms with Crippen LogP contribution < -0.4 is 5.32 Å². The fourth-order valence-electron chi connectivity index (χ4n) is 4.15. The zero-order valence-corrected chi connectivity index (χ0v) is 19.8. The monoisotopic (exact) mass is 507 g/mol. The summed E-state index contributed by atoms with van der Waals surface area (Å²) in [5.74, 6) is 0.159. The summed E-state index contributed by atoms with van der Waals surface area (Å²) >= 11 is 1.60. The van der Waals surface area contributed by atoms with Gasteiger partial charge in [0.1, 0.15) is 5.37 Å². The van der Waals surface area contributed by atoms with Crippen molar-refractivity contribution in [3.63, 3.8) is 0 Å². The fourth-order valence-corrected chi connectivity index (χ4v) is 5.49. The van der Waals surface area contributed by atoms with Crippen molar-refractivity contribution < 1.29 is 26.3 Å². The number of halogens is 6. The Morgan fingerprint density at radius 1 is 0.800 bits per heavy atom. The van der Waals surface area contributed by atoms with Gasteiger partial charge in [0.2, 0.25) is 0 Å². The van der Waals surface area contributed by atoms with Crippen molar-refractivity contribution in [2.75, 3.05) is 0 Å². The Labute approximate surface area is 204 Å². The van der Waals surface area contributed by atoms with Crippen LogP contribution in [-0.2, 0) is 18.8 Å². The Morgan fingerprint density at radius 3 is 2.03 bits per heavy atom. The minimum Gasteiger partial charge on any atom is -0.372 e. The molecule has 0 spiro atoms. The van der Waals surface area contributed by atoms with Crippen LogP contribution in [0.25, 0.3) is 11.1 Å². The van der Waals surface area contributed by atoms with E-state index in [1.54, 1.807) is 17.8 Å². The van der Waals surface area contributed by atoms with Crippen LogP contribution in [0.2, 0.25) is 0 Å². The highest BCUT2D eigenvalue weighted by molar-refractivity contribution is 8.03. The van der Waals surface area contributed by atoms with Gasteiger partial charge >= 0.3 is 12.4 Å². The number of benzene rings is 3.